The average molecular weight is 192 g/mol. The summed E-state index contributed by atoms with van der Waals surface area (Å²) in [4.78, 5) is 10.4. The maximum atomic E-state index is 10.7. The highest BCUT2D eigenvalue weighted by Gasteiger charge is 2.10. The number of rotatable bonds is 4. The van der Waals surface area contributed by atoms with Crippen molar-refractivity contribution >= 4 is 16.0 Å². The van der Waals surface area contributed by atoms with Gasteiger partial charge in [0.05, 0.1) is 13.2 Å². The number of methoxy groups -OCH3 is 1. The van der Waals surface area contributed by atoms with Crippen molar-refractivity contribution in [2.75, 3.05) is 19.4 Å². The number of ether oxygens (including phenoxy) is 1. The lowest BCUT2D eigenvalue weighted by Gasteiger charge is -2.00. The number of sulfonamides is 1. The lowest BCUT2D eigenvalue weighted by molar-refractivity contribution is -0.139. The van der Waals surface area contributed by atoms with E-state index in [1.54, 1.807) is 0 Å². The van der Waals surface area contributed by atoms with Gasteiger partial charge in [-0.15, -0.1) is 0 Å². The number of nitrogens with one attached hydrogen (secondary N) is 1. The SMILES string of the molecule is COC(=O)CNS(=O)(=O)CC#N. The molecule has 0 fully saturated rings. The van der Waals surface area contributed by atoms with Gasteiger partial charge in [-0.2, -0.15) is 5.26 Å². The lowest BCUT2D eigenvalue weighted by atomic mass is 10.7. The number of nitrogens with zero attached hydrogens (tertiary/aromatic N) is 1. The highest BCUT2D eigenvalue weighted by Crippen LogP contribution is 1.81. The number of carbonyl (C=O) groups excluding carboxylic acids is 1. The fourth-order valence-corrected chi connectivity index (χ4v) is 0.987. The lowest BCUT2D eigenvalue weighted by Crippen LogP contribution is -2.31. The van der Waals surface area contributed by atoms with Crippen LogP contribution in [0.25, 0.3) is 0 Å². The van der Waals surface area contributed by atoms with Crippen LogP contribution in [0.15, 0.2) is 0 Å². The van der Waals surface area contributed by atoms with Crippen molar-refractivity contribution in [1.29, 1.82) is 5.26 Å². The third kappa shape index (κ3) is 4.65. The summed E-state index contributed by atoms with van der Waals surface area (Å²) in [7, 11) is -2.51. The van der Waals surface area contributed by atoms with E-state index in [1.807, 2.05) is 4.72 Å². The van der Waals surface area contributed by atoms with E-state index in [4.69, 9.17) is 5.26 Å². The first-order chi connectivity index (χ1) is 5.52. The molecule has 0 aromatic rings. The first-order valence-electron chi connectivity index (χ1n) is 2.93. The number of hydrogen-bond acceptors (Lipinski definition) is 5. The molecule has 6 nitrogen and oxygen atoms in total. The molecule has 68 valence electrons. The minimum absolute atomic E-state index is 0.444. The molecule has 0 saturated heterocycles. The van der Waals surface area contributed by atoms with Crippen LogP contribution in [-0.4, -0.2) is 33.8 Å². The van der Waals surface area contributed by atoms with Crippen LogP contribution >= 0.6 is 0 Å². The topological polar surface area (TPSA) is 96.3 Å². The summed E-state index contributed by atoms with van der Waals surface area (Å²) in [6, 6.07) is 1.45. The molecule has 0 aromatic heterocycles. The van der Waals surface area contributed by atoms with Gasteiger partial charge >= 0.3 is 5.97 Å². The molecule has 12 heavy (non-hydrogen) atoms. The Labute approximate surface area is 70.2 Å². The number of esters is 1. The zero-order valence-corrected chi connectivity index (χ0v) is 7.22. The van der Waals surface area contributed by atoms with Gasteiger partial charge in [0, 0.05) is 0 Å². The molecule has 0 aliphatic heterocycles. The first kappa shape index (κ1) is 10.9. The minimum atomic E-state index is -3.65. The van der Waals surface area contributed by atoms with Gasteiger partial charge in [-0.1, -0.05) is 0 Å². The monoisotopic (exact) mass is 192 g/mol. The molecule has 0 aliphatic carbocycles. The molecule has 7 heteroatoms. The Balaban J connectivity index is 3.95. The van der Waals surface area contributed by atoms with E-state index in [0.717, 1.165) is 7.11 Å². The number of carbonyl (C=O) groups is 1. The zero-order chi connectivity index (χ0) is 9.61. The Morgan fingerprint density at radius 1 is 1.67 bits per heavy atom. The van der Waals surface area contributed by atoms with E-state index in [1.165, 1.54) is 6.07 Å². The molecular weight excluding hydrogens is 184 g/mol. The maximum absolute atomic E-state index is 10.7. The molecule has 0 aliphatic rings. The summed E-state index contributed by atoms with van der Waals surface area (Å²) in [6.07, 6.45) is 0. The smallest absolute Gasteiger partial charge is 0.320 e. The van der Waals surface area contributed by atoms with Gasteiger partial charge in [0.1, 0.15) is 6.54 Å². The highest BCUT2D eigenvalue weighted by molar-refractivity contribution is 7.89. The summed E-state index contributed by atoms with van der Waals surface area (Å²) >= 11 is 0. The molecule has 0 amide bonds. The molecular formula is C5H8N2O4S. The molecule has 0 unspecified atom stereocenters. The second-order valence-corrected chi connectivity index (χ2v) is 3.62. The van der Waals surface area contributed by atoms with Gasteiger partial charge in [-0.3, -0.25) is 4.79 Å². The second-order valence-electron chi connectivity index (χ2n) is 1.81. The summed E-state index contributed by atoms with van der Waals surface area (Å²) in [6.45, 7) is -0.444. The van der Waals surface area contributed by atoms with Gasteiger partial charge in [0.15, 0.2) is 5.75 Å². The summed E-state index contributed by atoms with van der Waals surface area (Å²) in [5.41, 5.74) is 0. The summed E-state index contributed by atoms with van der Waals surface area (Å²) in [5, 5.41) is 8.04. The number of nitriles is 1. The highest BCUT2D eigenvalue weighted by atomic mass is 32.2. The molecule has 0 radical (unpaired) electrons. The molecule has 1 N–H and O–H groups in total. The van der Waals surface area contributed by atoms with Crippen LogP contribution in [0.4, 0.5) is 0 Å². The maximum Gasteiger partial charge on any atom is 0.320 e. The van der Waals surface area contributed by atoms with Crippen molar-refractivity contribution in [1.82, 2.24) is 4.72 Å². The molecule has 0 rings (SSSR count). The third-order valence-electron chi connectivity index (χ3n) is 0.919. The van der Waals surface area contributed by atoms with Gasteiger partial charge in [-0.05, 0) is 0 Å². The van der Waals surface area contributed by atoms with Crippen LogP contribution < -0.4 is 4.72 Å². The minimum Gasteiger partial charge on any atom is -0.468 e. The Morgan fingerprint density at radius 3 is 2.67 bits per heavy atom. The van der Waals surface area contributed by atoms with E-state index in [-0.39, 0.29) is 0 Å². The van der Waals surface area contributed by atoms with Gasteiger partial charge in [-0.25, -0.2) is 13.1 Å². The van der Waals surface area contributed by atoms with Crippen molar-refractivity contribution < 1.29 is 17.9 Å². The first-order valence-corrected chi connectivity index (χ1v) is 4.58. The van der Waals surface area contributed by atoms with Gasteiger partial charge in [0.25, 0.3) is 0 Å². The molecule has 0 bridgehead atoms. The van der Waals surface area contributed by atoms with E-state index in [9.17, 15) is 13.2 Å². The fraction of sp³-hybridized carbons (Fsp3) is 0.600. The Hall–Kier alpha value is -1.13. The van der Waals surface area contributed by atoms with Crippen molar-refractivity contribution in [2.45, 2.75) is 0 Å². The fourth-order valence-electron chi connectivity index (χ4n) is 0.377. The van der Waals surface area contributed by atoms with Crippen LogP contribution in [0, 0.1) is 11.3 Å². The Bertz CT molecular complexity index is 289. The van der Waals surface area contributed by atoms with Crippen molar-refractivity contribution in [3.63, 3.8) is 0 Å². The summed E-state index contributed by atoms with van der Waals surface area (Å²) in [5.74, 6) is -1.36. The number of hydrogen-bond donors (Lipinski definition) is 1. The van der Waals surface area contributed by atoms with E-state index in [0.29, 0.717) is 0 Å². The Morgan fingerprint density at radius 2 is 2.25 bits per heavy atom. The van der Waals surface area contributed by atoms with Gasteiger partial charge < -0.3 is 4.74 Å². The van der Waals surface area contributed by atoms with E-state index >= 15 is 0 Å². The average Bonchev–Trinajstić information content (AvgIpc) is 2.00. The Kier molecular flexibility index (Phi) is 4.25. The standard InChI is InChI=1S/C5H8N2O4S/c1-11-5(8)4-7-12(9,10)3-2-6/h7H,3-4H2,1H3. The predicted molar refractivity (Wildman–Crippen MR) is 39.4 cm³/mol. The summed E-state index contributed by atoms with van der Waals surface area (Å²) < 4.78 is 27.5. The van der Waals surface area contributed by atoms with Crippen LogP contribution in [-0.2, 0) is 19.6 Å². The molecule has 0 aromatic carbocycles. The second kappa shape index (κ2) is 4.69. The van der Waals surface area contributed by atoms with Crippen LogP contribution in [0.2, 0.25) is 0 Å². The van der Waals surface area contributed by atoms with Crippen LogP contribution in [0.3, 0.4) is 0 Å². The molecule has 0 saturated carbocycles. The van der Waals surface area contributed by atoms with Crippen molar-refractivity contribution in [2.24, 2.45) is 0 Å². The quantitative estimate of drug-likeness (QED) is 0.553. The van der Waals surface area contributed by atoms with E-state index < -0.39 is 28.3 Å². The van der Waals surface area contributed by atoms with Crippen LogP contribution in [0.5, 0.6) is 0 Å². The van der Waals surface area contributed by atoms with Crippen molar-refractivity contribution in [3.8, 4) is 6.07 Å². The molecule has 0 heterocycles. The van der Waals surface area contributed by atoms with Crippen LogP contribution in [0.1, 0.15) is 0 Å². The zero-order valence-electron chi connectivity index (χ0n) is 6.40. The molecule has 0 atom stereocenters. The van der Waals surface area contributed by atoms with E-state index in [2.05, 4.69) is 4.74 Å². The predicted octanol–water partition coefficient (Wildman–Crippen LogP) is -1.40. The van der Waals surface area contributed by atoms with Crippen molar-refractivity contribution in [3.05, 3.63) is 0 Å². The largest absolute Gasteiger partial charge is 0.468 e. The van der Waals surface area contributed by atoms with Gasteiger partial charge in [0.2, 0.25) is 10.0 Å². The molecule has 0 spiro atoms. The normalized spacial score (nSPS) is 10.3. The third-order valence-corrected chi connectivity index (χ3v) is 2.01.